The van der Waals surface area contributed by atoms with Gasteiger partial charge in [-0.15, -0.1) is 0 Å². The van der Waals surface area contributed by atoms with Crippen LogP contribution in [0.15, 0.2) is 42.5 Å². The Hall–Kier alpha value is -2.50. The van der Waals surface area contributed by atoms with Crippen LogP contribution in [-0.4, -0.2) is 11.0 Å². The summed E-state index contributed by atoms with van der Waals surface area (Å²) in [6, 6.07) is 9.16. The topological polar surface area (TPSA) is 49.3 Å². The highest BCUT2D eigenvalue weighted by molar-refractivity contribution is 6.06. The van der Waals surface area contributed by atoms with Crippen molar-refractivity contribution in [1.29, 1.82) is 0 Å². The van der Waals surface area contributed by atoms with Crippen LogP contribution in [0, 0.1) is 6.92 Å². The first-order chi connectivity index (χ1) is 9.77. The van der Waals surface area contributed by atoms with E-state index in [9.17, 15) is 23.1 Å². The second kappa shape index (κ2) is 5.47. The largest absolute Gasteiger partial charge is 0.507 e. The third-order valence-electron chi connectivity index (χ3n) is 2.85. The van der Waals surface area contributed by atoms with Gasteiger partial charge in [-0.05, 0) is 42.8 Å². The SMILES string of the molecule is Cc1cccc(NC(=O)c2ccc(C(F)(F)F)cc2O)c1. The number of rotatable bonds is 2. The van der Waals surface area contributed by atoms with Crippen LogP contribution in [-0.2, 0) is 6.18 Å². The summed E-state index contributed by atoms with van der Waals surface area (Å²) in [5, 5.41) is 12.1. The van der Waals surface area contributed by atoms with E-state index in [1.54, 1.807) is 18.2 Å². The maximum Gasteiger partial charge on any atom is 0.416 e. The molecule has 1 amide bonds. The number of aryl methyl sites for hydroxylation is 1. The van der Waals surface area contributed by atoms with Gasteiger partial charge in [-0.2, -0.15) is 13.2 Å². The fourth-order valence-electron chi connectivity index (χ4n) is 1.82. The molecular weight excluding hydrogens is 283 g/mol. The second-order valence-electron chi connectivity index (χ2n) is 4.55. The number of amides is 1. The van der Waals surface area contributed by atoms with E-state index in [-0.39, 0.29) is 5.56 Å². The summed E-state index contributed by atoms with van der Waals surface area (Å²) >= 11 is 0. The van der Waals surface area contributed by atoms with E-state index in [0.717, 1.165) is 17.7 Å². The molecule has 0 aromatic heterocycles. The summed E-state index contributed by atoms with van der Waals surface area (Å²) in [6.45, 7) is 1.84. The van der Waals surface area contributed by atoms with E-state index in [2.05, 4.69) is 5.32 Å². The lowest BCUT2D eigenvalue weighted by molar-refractivity contribution is -0.137. The molecule has 110 valence electrons. The Morgan fingerprint density at radius 3 is 2.43 bits per heavy atom. The van der Waals surface area contributed by atoms with Gasteiger partial charge in [0.15, 0.2) is 0 Å². The Labute approximate surface area is 119 Å². The van der Waals surface area contributed by atoms with Gasteiger partial charge in [0.1, 0.15) is 5.75 Å². The standard InChI is InChI=1S/C15H12F3NO2/c1-9-3-2-4-11(7-9)19-14(21)12-6-5-10(8-13(12)20)15(16,17)18/h2-8,20H,1H3,(H,19,21). The summed E-state index contributed by atoms with van der Waals surface area (Å²) in [6.07, 6.45) is -4.57. The van der Waals surface area contributed by atoms with Crippen LogP contribution in [0.5, 0.6) is 5.75 Å². The fraction of sp³-hybridized carbons (Fsp3) is 0.133. The number of halogens is 3. The van der Waals surface area contributed by atoms with Crippen molar-refractivity contribution in [3.63, 3.8) is 0 Å². The molecule has 6 heteroatoms. The van der Waals surface area contributed by atoms with Crippen molar-refractivity contribution in [3.05, 3.63) is 59.2 Å². The Balaban J connectivity index is 2.24. The minimum absolute atomic E-state index is 0.218. The Kier molecular flexibility index (Phi) is 3.88. The van der Waals surface area contributed by atoms with Crippen molar-refractivity contribution < 1.29 is 23.1 Å². The molecule has 0 heterocycles. The third-order valence-corrected chi connectivity index (χ3v) is 2.85. The van der Waals surface area contributed by atoms with E-state index < -0.39 is 23.4 Å². The smallest absolute Gasteiger partial charge is 0.416 e. The monoisotopic (exact) mass is 295 g/mol. The number of aromatic hydroxyl groups is 1. The van der Waals surface area contributed by atoms with Gasteiger partial charge < -0.3 is 10.4 Å². The van der Waals surface area contributed by atoms with Crippen molar-refractivity contribution in [2.75, 3.05) is 5.32 Å². The molecule has 2 N–H and O–H groups in total. The van der Waals surface area contributed by atoms with Crippen molar-refractivity contribution in [1.82, 2.24) is 0 Å². The highest BCUT2D eigenvalue weighted by Gasteiger charge is 2.31. The fourth-order valence-corrected chi connectivity index (χ4v) is 1.82. The lowest BCUT2D eigenvalue weighted by atomic mass is 10.1. The van der Waals surface area contributed by atoms with E-state index in [0.29, 0.717) is 11.8 Å². The lowest BCUT2D eigenvalue weighted by Gasteiger charge is -2.10. The van der Waals surface area contributed by atoms with Gasteiger partial charge in [-0.25, -0.2) is 0 Å². The highest BCUT2D eigenvalue weighted by Crippen LogP contribution is 2.32. The number of hydrogen-bond acceptors (Lipinski definition) is 2. The van der Waals surface area contributed by atoms with Crippen molar-refractivity contribution in [2.45, 2.75) is 13.1 Å². The van der Waals surface area contributed by atoms with Crippen LogP contribution in [0.2, 0.25) is 0 Å². The molecule has 0 spiro atoms. The predicted octanol–water partition coefficient (Wildman–Crippen LogP) is 3.97. The molecule has 0 fully saturated rings. The maximum atomic E-state index is 12.5. The summed E-state index contributed by atoms with van der Waals surface area (Å²) in [5.41, 5.74) is 0.195. The number of phenols is 1. The molecule has 0 aliphatic heterocycles. The third kappa shape index (κ3) is 3.53. The lowest BCUT2D eigenvalue weighted by Crippen LogP contribution is -2.13. The number of nitrogens with one attached hydrogen (secondary N) is 1. The van der Waals surface area contributed by atoms with Gasteiger partial charge in [-0.3, -0.25) is 4.79 Å². The Morgan fingerprint density at radius 1 is 1.14 bits per heavy atom. The van der Waals surface area contributed by atoms with Gasteiger partial charge in [0.25, 0.3) is 5.91 Å². The molecule has 0 atom stereocenters. The van der Waals surface area contributed by atoms with Gasteiger partial charge in [-0.1, -0.05) is 12.1 Å². The molecule has 0 unspecified atom stereocenters. The summed E-state index contributed by atoms with van der Waals surface area (Å²) in [5.74, 6) is -1.39. The van der Waals surface area contributed by atoms with E-state index in [1.807, 2.05) is 13.0 Å². The molecular formula is C15H12F3NO2. The Morgan fingerprint density at radius 2 is 1.86 bits per heavy atom. The van der Waals surface area contributed by atoms with Gasteiger partial charge >= 0.3 is 6.18 Å². The summed E-state index contributed by atoms with van der Waals surface area (Å²) in [7, 11) is 0. The minimum atomic E-state index is -4.57. The average Bonchev–Trinajstić information content (AvgIpc) is 2.37. The number of phenolic OH excluding ortho intramolecular Hbond substituents is 1. The summed E-state index contributed by atoms with van der Waals surface area (Å²) in [4.78, 5) is 12.0. The van der Waals surface area contributed by atoms with Crippen molar-refractivity contribution in [2.24, 2.45) is 0 Å². The molecule has 0 bridgehead atoms. The number of hydrogen-bond donors (Lipinski definition) is 2. The quantitative estimate of drug-likeness (QED) is 0.880. The maximum absolute atomic E-state index is 12.5. The molecule has 0 radical (unpaired) electrons. The van der Waals surface area contributed by atoms with Crippen molar-refractivity contribution in [3.8, 4) is 5.75 Å². The average molecular weight is 295 g/mol. The number of alkyl halides is 3. The molecule has 0 aliphatic carbocycles. The first-order valence-corrected chi connectivity index (χ1v) is 6.05. The Bertz CT molecular complexity index is 681. The minimum Gasteiger partial charge on any atom is -0.507 e. The van der Waals surface area contributed by atoms with Crippen LogP contribution in [0.1, 0.15) is 21.5 Å². The second-order valence-corrected chi connectivity index (χ2v) is 4.55. The first kappa shape index (κ1) is 14.9. The zero-order valence-electron chi connectivity index (χ0n) is 11.0. The molecule has 0 saturated carbocycles. The number of anilines is 1. The number of benzene rings is 2. The van der Waals surface area contributed by atoms with Gasteiger partial charge in [0, 0.05) is 5.69 Å². The van der Waals surface area contributed by atoms with Crippen LogP contribution in [0.25, 0.3) is 0 Å². The van der Waals surface area contributed by atoms with E-state index in [1.165, 1.54) is 0 Å². The zero-order valence-corrected chi connectivity index (χ0v) is 11.0. The zero-order chi connectivity index (χ0) is 15.6. The first-order valence-electron chi connectivity index (χ1n) is 6.05. The van der Waals surface area contributed by atoms with Gasteiger partial charge in [0.2, 0.25) is 0 Å². The molecule has 2 aromatic rings. The highest BCUT2D eigenvalue weighted by atomic mass is 19.4. The molecule has 21 heavy (non-hydrogen) atoms. The van der Waals surface area contributed by atoms with Crippen molar-refractivity contribution >= 4 is 11.6 Å². The van der Waals surface area contributed by atoms with E-state index in [4.69, 9.17) is 0 Å². The molecule has 2 aromatic carbocycles. The van der Waals surface area contributed by atoms with Crippen LogP contribution in [0.4, 0.5) is 18.9 Å². The predicted molar refractivity (Wildman–Crippen MR) is 72.2 cm³/mol. The van der Waals surface area contributed by atoms with Crippen LogP contribution >= 0.6 is 0 Å². The molecule has 0 aliphatic rings. The van der Waals surface area contributed by atoms with E-state index >= 15 is 0 Å². The molecule has 2 rings (SSSR count). The summed E-state index contributed by atoms with van der Waals surface area (Å²) < 4.78 is 37.4. The number of carbonyl (C=O) groups excluding carboxylic acids is 1. The normalized spacial score (nSPS) is 11.2. The molecule has 0 saturated heterocycles. The van der Waals surface area contributed by atoms with Crippen LogP contribution in [0.3, 0.4) is 0 Å². The molecule has 3 nitrogen and oxygen atoms in total. The number of carbonyl (C=O) groups is 1. The van der Waals surface area contributed by atoms with Gasteiger partial charge in [0.05, 0.1) is 11.1 Å². The van der Waals surface area contributed by atoms with Crippen LogP contribution < -0.4 is 5.32 Å².